The van der Waals surface area contributed by atoms with Gasteiger partial charge in [0, 0.05) is 17.5 Å². The second kappa shape index (κ2) is 8.13. The fourth-order valence-electron chi connectivity index (χ4n) is 2.91. The number of nitrogens with one attached hydrogen (secondary N) is 3. The molecule has 25 heavy (non-hydrogen) atoms. The molecule has 7 heteroatoms. The summed E-state index contributed by atoms with van der Waals surface area (Å²) in [7, 11) is 0. The second-order valence-corrected chi connectivity index (χ2v) is 7.13. The monoisotopic (exact) mass is 358 g/mol. The molecular weight excluding hydrogens is 336 g/mol. The van der Waals surface area contributed by atoms with Crippen molar-refractivity contribution in [1.29, 1.82) is 0 Å². The molecule has 2 aromatic rings. The van der Waals surface area contributed by atoms with Gasteiger partial charge in [-0.15, -0.1) is 11.3 Å². The van der Waals surface area contributed by atoms with Crippen LogP contribution in [0.4, 0.5) is 9.80 Å². The van der Waals surface area contributed by atoms with E-state index in [1.54, 1.807) is 0 Å². The van der Waals surface area contributed by atoms with Gasteiger partial charge in [0.25, 0.3) is 5.91 Å². The summed E-state index contributed by atoms with van der Waals surface area (Å²) >= 11 is 1.35. The van der Waals surface area contributed by atoms with Crippen molar-refractivity contribution in [2.45, 2.75) is 25.3 Å². The Morgan fingerprint density at radius 2 is 2.00 bits per heavy atom. The highest BCUT2D eigenvalue weighted by molar-refractivity contribution is 7.20. The Bertz CT molecular complexity index is 737. The number of primary amides is 1. The quantitative estimate of drug-likeness (QED) is 0.677. The van der Waals surface area contributed by atoms with Crippen molar-refractivity contribution >= 4 is 28.3 Å². The molecule has 1 aliphatic heterocycles. The number of rotatable bonds is 4. The molecule has 1 aliphatic rings. The molecule has 5 N–H and O–H groups in total. The van der Waals surface area contributed by atoms with Crippen molar-refractivity contribution in [3.05, 3.63) is 42.0 Å². The number of nitrogens with two attached hydrogens (primary N) is 1. The number of urea groups is 1. The minimum Gasteiger partial charge on any atom is -0.351 e. The third-order valence-corrected chi connectivity index (χ3v) is 5.25. The van der Waals surface area contributed by atoms with Crippen LogP contribution in [0.2, 0.25) is 0 Å². The molecule has 1 atom stereocenters. The van der Waals surface area contributed by atoms with Crippen LogP contribution in [0.1, 0.15) is 29.6 Å². The Morgan fingerprint density at radius 3 is 2.76 bits per heavy atom. The lowest BCUT2D eigenvalue weighted by Crippen LogP contribution is -2.41. The maximum absolute atomic E-state index is 12.7. The van der Waals surface area contributed by atoms with E-state index in [1.165, 1.54) is 11.3 Å². The Labute approximate surface area is 150 Å². The fraction of sp³-hybridized carbons (Fsp3) is 0.333. The maximum Gasteiger partial charge on any atom is 0.317 e. The van der Waals surface area contributed by atoms with E-state index < -0.39 is 6.03 Å². The first kappa shape index (κ1) is 17.4. The third-order valence-electron chi connectivity index (χ3n) is 4.15. The Hall–Kier alpha value is -2.38. The molecule has 1 saturated heterocycles. The zero-order valence-electron chi connectivity index (χ0n) is 13.9. The van der Waals surface area contributed by atoms with Gasteiger partial charge in [0.1, 0.15) is 5.00 Å². The topological polar surface area (TPSA) is 96.2 Å². The van der Waals surface area contributed by atoms with Gasteiger partial charge in [0.05, 0.1) is 5.56 Å². The van der Waals surface area contributed by atoms with E-state index in [4.69, 9.17) is 5.73 Å². The van der Waals surface area contributed by atoms with Crippen LogP contribution in [0.3, 0.4) is 0 Å². The second-order valence-electron chi connectivity index (χ2n) is 6.08. The largest absolute Gasteiger partial charge is 0.351 e. The molecule has 2 heterocycles. The highest BCUT2D eigenvalue weighted by Crippen LogP contribution is 2.35. The molecule has 1 aromatic carbocycles. The first-order valence-electron chi connectivity index (χ1n) is 8.41. The van der Waals surface area contributed by atoms with Crippen LogP contribution < -0.4 is 21.7 Å². The predicted molar refractivity (Wildman–Crippen MR) is 101 cm³/mol. The summed E-state index contributed by atoms with van der Waals surface area (Å²) in [5, 5.41) is 9.45. The normalized spacial score (nSPS) is 17.5. The molecule has 1 fully saturated rings. The van der Waals surface area contributed by atoms with E-state index >= 15 is 0 Å². The van der Waals surface area contributed by atoms with Crippen LogP contribution in [0.25, 0.3) is 10.4 Å². The summed E-state index contributed by atoms with van der Waals surface area (Å²) in [6, 6.07) is 11.0. The van der Waals surface area contributed by atoms with Crippen LogP contribution in [0.5, 0.6) is 0 Å². The number of carbonyl (C=O) groups excluding carboxylic acids is 2. The molecule has 6 nitrogen and oxygen atoms in total. The van der Waals surface area contributed by atoms with Crippen LogP contribution in [-0.2, 0) is 0 Å². The molecule has 0 unspecified atom stereocenters. The average molecular weight is 358 g/mol. The fourth-order valence-corrected chi connectivity index (χ4v) is 3.98. The molecule has 0 spiro atoms. The molecule has 0 saturated carbocycles. The molecule has 0 bridgehead atoms. The lowest BCUT2D eigenvalue weighted by Gasteiger charge is -2.16. The summed E-state index contributed by atoms with van der Waals surface area (Å²) < 4.78 is 0. The molecule has 1 aromatic heterocycles. The lowest BCUT2D eigenvalue weighted by molar-refractivity contribution is 0.0937. The summed E-state index contributed by atoms with van der Waals surface area (Å²) in [6.45, 7) is 1.75. The molecule has 3 amide bonds. The average Bonchev–Trinajstić information content (AvgIpc) is 2.84. The highest BCUT2D eigenvalue weighted by atomic mass is 32.1. The van der Waals surface area contributed by atoms with E-state index in [9.17, 15) is 9.59 Å². The van der Waals surface area contributed by atoms with E-state index in [-0.39, 0.29) is 11.9 Å². The Morgan fingerprint density at radius 1 is 1.20 bits per heavy atom. The number of carbonyl (C=O) groups is 2. The maximum atomic E-state index is 12.7. The van der Waals surface area contributed by atoms with Gasteiger partial charge in [-0.25, -0.2) is 4.79 Å². The van der Waals surface area contributed by atoms with Gasteiger partial charge in [-0.2, -0.15) is 0 Å². The standard InChI is InChI=1S/C18H22N4O2S/c19-18(24)22-17-14(10-15(25-17)12-6-2-1-3-7-12)16(23)21-13-8-4-5-9-20-11-13/h1-3,6-7,10,13,20H,4-5,8-9,11H2,(H,21,23)(H3,19,22,24)/t13-/m0/s1. The van der Waals surface area contributed by atoms with Crippen molar-refractivity contribution < 1.29 is 9.59 Å². The van der Waals surface area contributed by atoms with Gasteiger partial charge in [-0.3, -0.25) is 10.1 Å². The third kappa shape index (κ3) is 4.58. The summed E-state index contributed by atoms with van der Waals surface area (Å²) in [5.41, 5.74) is 6.71. The zero-order chi connectivity index (χ0) is 17.6. The van der Waals surface area contributed by atoms with E-state index in [0.717, 1.165) is 42.8 Å². The van der Waals surface area contributed by atoms with Crippen molar-refractivity contribution in [1.82, 2.24) is 10.6 Å². The molecule has 0 aliphatic carbocycles. The van der Waals surface area contributed by atoms with Crippen LogP contribution in [0, 0.1) is 0 Å². The van der Waals surface area contributed by atoms with Crippen molar-refractivity contribution in [2.75, 3.05) is 18.4 Å². The number of anilines is 1. The van der Waals surface area contributed by atoms with Crippen LogP contribution >= 0.6 is 11.3 Å². The van der Waals surface area contributed by atoms with Crippen LogP contribution in [0.15, 0.2) is 36.4 Å². The number of amides is 3. The van der Waals surface area contributed by atoms with Crippen molar-refractivity contribution in [2.24, 2.45) is 5.73 Å². The minimum atomic E-state index is -0.674. The Kier molecular flexibility index (Phi) is 5.67. The first-order chi connectivity index (χ1) is 12.1. The smallest absolute Gasteiger partial charge is 0.317 e. The zero-order valence-corrected chi connectivity index (χ0v) is 14.7. The summed E-state index contributed by atoms with van der Waals surface area (Å²) in [5.74, 6) is -0.184. The van der Waals surface area contributed by atoms with Crippen molar-refractivity contribution in [3.63, 3.8) is 0 Å². The number of benzene rings is 1. The SMILES string of the molecule is NC(=O)Nc1sc(-c2ccccc2)cc1C(=O)N[C@H]1CCCCNC1. The lowest BCUT2D eigenvalue weighted by atomic mass is 10.1. The highest BCUT2D eigenvalue weighted by Gasteiger charge is 2.21. The minimum absolute atomic E-state index is 0.0940. The van der Waals surface area contributed by atoms with Gasteiger partial charge in [-0.05, 0) is 31.0 Å². The van der Waals surface area contributed by atoms with Gasteiger partial charge >= 0.3 is 6.03 Å². The van der Waals surface area contributed by atoms with Crippen LogP contribution in [-0.4, -0.2) is 31.1 Å². The van der Waals surface area contributed by atoms with E-state index in [0.29, 0.717) is 10.6 Å². The number of hydrogen-bond donors (Lipinski definition) is 4. The molecular formula is C18H22N4O2S. The summed E-state index contributed by atoms with van der Waals surface area (Å²) in [6.07, 6.45) is 3.16. The molecule has 3 rings (SSSR count). The molecule has 132 valence electrons. The van der Waals surface area contributed by atoms with E-state index in [1.807, 2.05) is 36.4 Å². The predicted octanol–water partition coefficient (Wildman–Crippen LogP) is 2.78. The number of thiophene rings is 1. The Balaban J connectivity index is 1.83. The molecule has 0 radical (unpaired) electrons. The van der Waals surface area contributed by atoms with Gasteiger partial charge in [0.15, 0.2) is 0 Å². The first-order valence-corrected chi connectivity index (χ1v) is 9.22. The van der Waals surface area contributed by atoms with E-state index in [2.05, 4.69) is 16.0 Å². The number of hydrogen-bond acceptors (Lipinski definition) is 4. The summed E-state index contributed by atoms with van der Waals surface area (Å²) in [4.78, 5) is 25.0. The van der Waals surface area contributed by atoms with Gasteiger partial charge < -0.3 is 16.4 Å². The van der Waals surface area contributed by atoms with Gasteiger partial charge in [-0.1, -0.05) is 36.8 Å². The van der Waals surface area contributed by atoms with Gasteiger partial charge in [0.2, 0.25) is 0 Å². The van der Waals surface area contributed by atoms with Crippen molar-refractivity contribution in [3.8, 4) is 10.4 Å².